The lowest BCUT2D eigenvalue weighted by molar-refractivity contribution is -0.121. The maximum atomic E-state index is 11.8. The Morgan fingerprint density at radius 3 is 2.83 bits per heavy atom. The summed E-state index contributed by atoms with van der Waals surface area (Å²) in [5, 5.41) is 5.28. The van der Waals surface area contributed by atoms with E-state index in [1.165, 1.54) is 20.9 Å². The van der Waals surface area contributed by atoms with Crippen LogP contribution in [-0.2, 0) is 17.8 Å². The summed E-state index contributed by atoms with van der Waals surface area (Å²) in [6.07, 6.45) is 3.73. The lowest BCUT2D eigenvalue weighted by Gasteiger charge is -2.35. The highest BCUT2D eigenvalue weighted by Crippen LogP contribution is 2.31. The monoisotopic (exact) mass is 360 g/mol. The zero-order chi connectivity index (χ0) is 16.9. The van der Waals surface area contributed by atoms with Gasteiger partial charge in [-0.05, 0) is 47.4 Å². The molecule has 0 saturated heterocycles. The molecule has 2 heterocycles. The van der Waals surface area contributed by atoms with E-state index in [1.807, 2.05) is 18.3 Å². The van der Waals surface area contributed by atoms with Crippen molar-refractivity contribution in [2.75, 3.05) is 19.3 Å². The first-order valence-electron chi connectivity index (χ1n) is 8.41. The Hall–Kier alpha value is -1.30. The molecule has 3 rings (SSSR count). The largest absolute Gasteiger partial charge is 0.354 e. The molecule has 0 unspecified atom stereocenters. The molecule has 2 aromatic rings. The maximum absolute atomic E-state index is 11.8. The average Bonchev–Trinajstić information content (AvgIpc) is 3.10. The number of hydrogen-bond acceptors (Lipinski definition) is 4. The quantitative estimate of drug-likeness (QED) is 0.787. The van der Waals surface area contributed by atoms with E-state index in [1.54, 1.807) is 11.8 Å². The Morgan fingerprint density at radius 2 is 2.12 bits per heavy atom. The van der Waals surface area contributed by atoms with Crippen LogP contribution in [0.4, 0.5) is 0 Å². The molecule has 5 heteroatoms. The average molecular weight is 361 g/mol. The van der Waals surface area contributed by atoms with Crippen LogP contribution in [-0.4, -0.2) is 30.2 Å². The van der Waals surface area contributed by atoms with Crippen LogP contribution in [0.1, 0.15) is 35.4 Å². The second-order valence-electron chi connectivity index (χ2n) is 6.04. The van der Waals surface area contributed by atoms with Crippen molar-refractivity contribution >= 4 is 29.0 Å². The van der Waals surface area contributed by atoms with Gasteiger partial charge in [0.15, 0.2) is 0 Å². The van der Waals surface area contributed by atoms with E-state index in [-0.39, 0.29) is 11.9 Å². The number of nitrogens with zero attached hydrogens (tertiary/aromatic N) is 1. The van der Waals surface area contributed by atoms with Crippen molar-refractivity contribution in [2.24, 2.45) is 0 Å². The number of carbonyl (C=O) groups excluding carboxylic acids is 1. The standard InChI is InChI=1S/C19H24N2OS2/c1-3-19(22)20-12-17(14-4-6-16(23-2)7-5-14)21-10-8-18-15(13-21)9-11-24-18/h4-7,9,11,17H,3,8,10,12-13H2,1-2H3,(H,20,22)/t17-/m1/s1. The number of carbonyl (C=O) groups is 1. The molecular weight excluding hydrogens is 336 g/mol. The Balaban J connectivity index is 1.80. The van der Waals surface area contributed by atoms with Gasteiger partial charge < -0.3 is 5.32 Å². The van der Waals surface area contributed by atoms with Crippen LogP contribution in [0.5, 0.6) is 0 Å². The molecule has 1 aliphatic rings. The fraction of sp³-hybridized carbons (Fsp3) is 0.421. The van der Waals surface area contributed by atoms with Crippen molar-refractivity contribution in [1.82, 2.24) is 10.2 Å². The van der Waals surface area contributed by atoms with Crippen LogP contribution in [0.25, 0.3) is 0 Å². The number of amides is 1. The molecule has 1 aliphatic heterocycles. The first-order chi connectivity index (χ1) is 11.7. The molecule has 1 atom stereocenters. The fourth-order valence-electron chi connectivity index (χ4n) is 3.16. The first kappa shape index (κ1) is 17.5. The zero-order valence-electron chi connectivity index (χ0n) is 14.2. The molecule has 3 nitrogen and oxygen atoms in total. The van der Waals surface area contributed by atoms with E-state index >= 15 is 0 Å². The van der Waals surface area contributed by atoms with Crippen molar-refractivity contribution in [3.63, 3.8) is 0 Å². The summed E-state index contributed by atoms with van der Waals surface area (Å²) < 4.78 is 0. The number of rotatable bonds is 6. The number of hydrogen-bond donors (Lipinski definition) is 1. The zero-order valence-corrected chi connectivity index (χ0v) is 15.9. The number of fused-ring (bicyclic) bond motifs is 1. The molecule has 0 aliphatic carbocycles. The smallest absolute Gasteiger partial charge is 0.219 e. The highest BCUT2D eigenvalue weighted by atomic mass is 32.2. The van der Waals surface area contributed by atoms with E-state index in [4.69, 9.17) is 0 Å². The van der Waals surface area contributed by atoms with Crippen LogP contribution >= 0.6 is 23.1 Å². The molecule has 0 saturated carbocycles. The van der Waals surface area contributed by atoms with Gasteiger partial charge >= 0.3 is 0 Å². The SMILES string of the molecule is CCC(=O)NC[C@H](c1ccc(SC)cc1)N1CCc2sccc2C1. The van der Waals surface area contributed by atoms with Crippen LogP contribution in [0.3, 0.4) is 0 Å². The van der Waals surface area contributed by atoms with Crippen LogP contribution in [0.15, 0.2) is 40.6 Å². The predicted octanol–water partition coefficient (Wildman–Crippen LogP) is 4.10. The Bertz CT molecular complexity index is 681. The fourth-order valence-corrected chi connectivity index (χ4v) is 4.45. The molecule has 1 aromatic heterocycles. The highest BCUT2D eigenvalue weighted by molar-refractivity contribution is 7.98. The lowest BCUT2D eigenvalue weighted by atomic mass is 10.0. The number of thioether (sulfide) groups is 1. The molecule has 0 spiro atoms. The second-order valence-corrected chi connectivity index (χ2v) is 7.92. The second kappa shape index (κ2) is 8.19. The third-order valence-corrected chi connectivity index (χ3v) is 6.36. The normalized spacial score (nSPS) is 15.8. The molecule has 0 bridgehead atoms. The Labute approximate surface area is 152 Å². The first-order valence-corrected chi connectivity index (χ1v) is 10.5. The Morgan fingerprint density at radius 1 is 1.33 bits per heavy atom. The van der Waals surface area contributed by atoms with Gasteiger partial charge in [-0.1, -0.05) is 19.1 Å². The van der Waals surface area contributed by atoms with Gasteiger partial charge in [0.05, 0.1) is 6.04 Å². The van der Waals surface area contributed by atoms with E-state index in [2.05, 4.69) is 52.2 Å². The minimum absolute atomic E-state index is 0.119. The molecule has 1 amide bonds. The molecule has 1 aromatic carbocycles. The summed E-state index contributed by atoms with van der Waals surface area (Å²) in [7, 11) is 0. The molecule has 0 radical (unpaired) electrons. The van der Waals surface area contributed by atoms with Crippen molar-refractivity contribution < 1.29 is 4.79 Å². The minimum Gasteiger partial charge on any atom is -0.354 e. The van der Waals surface area contributed by atoms with Crippen LogP contribution < -0.4 is 5.32 Å². The van der Waals surface area contributed by atoms with Crippen LogP contribution in [0.2, 0.25) is 0 Å². The highest BCUT2D eigenvalue weighted by Gasteiger charge is 2.25. The van der Waals surface area contributed by atoms with E-state index in [0.717, 1.165) is 19.5 Å². The van der Waals surface area contributed by atoms with Crippen molar-refractivity contribution in [3.8, 4) is 0 Å². The van der Waals surface area contributed by atoms with Gasteiger partial charge in [0, 0.05) is 35.8 Å². The van der Waals surface area contributed by atoms with Crippen molar-refractivity contribution in [2.45, 2.75) is 37.2 Å². The molecule has 0 fully saturated rings. The van der Waals surface area contributed by atoms with Crippen molar-refractivity contribution in [1.29, 1.82) is 0 Å². The van der Waals surface area contributed by atoms with Gasteiger partial charge in [0.25, 0.3) is 0 Å². The van der Waals surface area contributed by atoms with Gasteiger partial charge in [-0.25, -0.2) is 0 Å². The summed E-state index contributed by atoms with van der Waals surface area (Å²) >= 11 is 3.62. The Kier molecular flexibility index (Phi) is 5.98. The van der Waals surface area contributed by atoms with Crippen molar-refractivity contribution in [3.05, 3.63) is 51.7 Å². The van der Waals surface area contributed by atoms with Gasteiger partial charge in [-0.2, -0.15) is 0 Å². The summed E-state index contributed by atoms with van der Waals surface area (Å²) in [4.78, 5) is 17.0. The summed E-state index contributed by atoms with van der Waals surface area (Å²) in [5.41, 5.74) is 2.72. The molecular formula is C19H24N2OS2. The van der Waals surface area contributed by atoms with Gasteiger partial charge in [0.2, 0.25) is 5.91 Å². The molecule has 24 heavy (non-hydrogen) atoms. The topological polar surface area (TPSA) is 32.3 Å². The van der Waals surface area contributed by atoms with Crippen LogP contribution in [0, 0.1) is 0 Å². The number of thiophene rings is 1. The lowest BCUT2D eigenvalue weighted by Crippen LogP contribution is -2.40. The van der Waals surface area contributed by atoms with Gasteiger partial charge in [0.1, 0.15) is 0 Å². The van der Waals surface area contributed by atoms with E-state index in [9.17, 15) is 4.79 Å². The number of nitrogens with one attached hydrogen (secondary N) is 1. The summed E-state index contributed by atoms with van der Waals surface area (Å²) in [6, 6.07) is 11.2. The van der Waals surface area contributed by atoms with Gasteiger partial charge in [-0.15, -0.1) is 23.1 Å². The van der Waals surface area contributed by atoms with E-state index < -0.39 is 0 Å². The predicted molar refractivity (Wildman–Crippen MR) is 103 cm³/mol. The summed E-state index contributed by atoms with van der Waals surface area (Å²) in [6.45, 7) is 4.58. The minimum atomic E-state index is 0.119. The van der Waals surface area contributed by atoms with E-state index in [0.29, 0.717) is 13.0 Å². The summed E-state index contributed by atoms with van der Waals surface area (Å²) in [5.74, 6) is 0.119. The van der Waals surface area contributed by atoms with Gasteiger partial charge in [-0.3, -0.25) is 9.69 Å². The number of benzene rings is 1. The third-order valence-electron chi connectivity index (χ3n) is 4.59. The maximum Gasteiger partial charge on any atom is 0.219 e. The molecule has 128 valence electrons. The molecule has 1 N–H and O–H groups in total. The third kappa shape index (κ3) is 4.02.